The summed E-state index contributed by atoms with van der Waals surface area (Å²) >= 11 is 0. The molecule has 2 saturated carbocycles. The van der Waals surface area contributed by atoms with E-state index in [1.165, 1.54) is 0 Å². The lowest BCUT2D eigenvalue weighted by Gasteiger charge is -2.31. The Labute approximate surface area is 349 Å². The van der Waals surface area contributed by atoms with E-state index in [0.717, 1.165) is 55.6 Å². The summed E-state index contributed by atoms with van der Waals surface area (Å²) in [5.41, 5.74) is 24.1. The molecule has 1 radical (unpaired) electrons. The first-order chi connectivity index (χ1) is 28.4. The standard InChI is InChI=1S/C42H64BN10O6/c1-29-13-3-5-15-31(29)19-27-48-35(54)41(21-7-8-22-41)37(56)52-33(17-11-25-50-39(44)45)58-43-59-34(18-12-26-51-40(46)47)53-38(57)42(23-9-10-24-42)36(55)49-28-20-32-16-6-4-14-30(32)2/h3-6,13-16,33-34H,7-12,17-28H2,1-2H3,(H,48,54)(H,49,55)(H,52,56)(H,53,57)(H4,44,45,50)(H4,46,47,51). The smallest absolute Gasteiger partial charge is 0.393 e. The summed E-state index contributed by atoms with van der Waals surface area (Å²) in [4.78, 5) is 63.6. The van der Waals surface area contributed by atoms with Crippen LogP contribution in [0.4, 0.5) is 0 Å². The van der Waals surface area contributed by atoms with E-state index in [4.69, 9.17) is 32.2 Å². The number of hydrogen-bond acceptors (Lipinski definition) is 8. The third-order valence-corrected chi connectivity index (χ3v) is 11.4. The largest absolute Gasteiger partial charge is 0.491 e. The van der Waals surface area contributed by atoms with Gasteiger partial charge in [-0.2, -0.15) is 0 Å². The Hall–Kier alpha value is -5.16. The van der Waals surface area contributed by atoms with Crippen molar-refractivity contribution < 1.29 is 28.5 Å². The molecule has 0 saturated heterocycles. The number of benzene rings is 2. The lowest BCUT2D eigenvalue weighted by molar-refractivity contribution is -0.146. The van der Waals surface area contributed by atoms with Crippen molar-refractivity contribution in [2.45, 2.75) is 116 Å². The van der Waals surface area contributed by atoms with Gasteiger partial charge in [-0.1, -0.05) is 74.2 Å². The Morgan fingerprint density at radius 2 is 1.00 bits per heavy atom. The molecule has 0 aromatic heterocycles. The Morgan fingerprint density at radius 1 is 0.627 bits per heavy atom. The van der Waals surface area contributed by atoms with Gasteiger partial charge in [-0.25, -0.2) is 0 Å². The van der Waals surface area contributed by atoms with Gasteiger partial charge >= 0.3 is 7.69 Å². The minimum Gasteiger partial charge on any atom is -0.393 e. The number of aliphatic imine (C=N–C) groups is 2. The summed E-state index contributed by atoms with van der Waals surface area (Å²) in [6, 6.07) is 16.0. The third kappa shape index (κ3) is 14.0. The number of amides is 4. The number of aryl methyl sites for hydroxylation is 2. The van der Waals surface area contributed by atoms with Crippen LogP contribution in [0.5, 0.6) is 0 Å². The summed E-state index contributed by atoms with van der Waals surface area (Å²) in [5.74, 6) is -1.64. The minimum atomic E-state index is -1.26. The second-order valence-electron chi connectivity index (χ2n) is 15.6. The molecule has 2 atom stereocenters. The van der Waals surface area contributed by atoms with Crippen LogP contribution in [-0.4, -0.2) is 81.9 Å². The van der Waals surface area contributed by atoms with Crippen molar-refractivity contribution in [3.63, 3.8) is 0 Å². The van der Waals surface area contributed by atoms with E-state index in [-0.39, 0.29) is 49.7 Å². The Kier molecular flexibility index (Phi) is 18.5. The number of nitrogens with one attached hydrogen (secondary N) is 4. The van der Waals surface area contributed by atoms with E-state index in [1.54, 1.807) is 0 Å². The zero-order chi connectivity index (χ0) is 42.7. The maximum Gasteiger partial charge on any atom is 0.491 e. The van der Waals surface area contributed by atoms with Gasteiger partial charge in [0.15, 0.2) is 11.9 Å². The molecule has 2 aromatic rings. The van der Waals surface area contributed by atoms with Crippen LogP contribution in [0.25, 0.3) is 0 Å². The first-order valence-corrected chi connectivity index (χ1v) is 20.9. The molecule has 2 aromatic carbocycles. The summed E-state index contributed by atoms with van der Waals surface area (Å²) in [6.07, 6.45) is 5.41. The van der Waals surface area contributed by atoms with E-state index in [0.29, 0.717) is 64.5 Å². The van der Waals surface area contributed by atoms with Gasteiger partial charge in [0.2, 0.25) is 23.6 Å². The third-order valence-electron chi connectivity index (χ3n) is 11.4. The summed E-state index contributed by atoms with van der Waals surface area (Å²) in [5, 5.41) is 11.9. The van der Waals surface area contributed by atoms with Crippen LogP contribution in [0.2, 0.25) is 0 Å². The Bertz CT molecular complexity index is 1630. The minimum absolute atomic E-state index is 0.0620. The van der Waals surface area contributed by atoms with Crippen molar-refractivity contribution in [2.24, 2.45) is 43.7 Å². The highest BCUT2D eigenvalue weighted by Gasteiger charge is 2.49. The van der Waals surface area contributed by atoms with Gasteiger partial charge in [-0.05, 0) is 100 Å². The molecule has 59 heavy (non-hydrogen) atoms. The lowest BCUT2D eigenvalue weighted by atomic mass is 9.83. The second-order valence-corrected chi connectivity index (χ2v) is 15.6. The van der Waals surface area contributed by atoms with E-state index in [9.17, 15) is 19.2 Å². The van der Waals surface area contributed by atoms with E-state index in [2.05, 4.69) is 31.3 Å². The average molecular weight is 816 g/mol. The molecule has 0 aliphatic heterocycles. The van der Waals surface area contributed by atoms with Crippen molar-refractivity contribution in [3.8, 4) is 0 Å². The second kappa shape index (κ2) is 23.4. The van der Waals surface area contributed by atoms with Gasteiger partial charge < -0.3 is 53.5 Å². The number of carbonyl (C=O) groups excluding carboxylic acids is 4. The predicted molar refractivity (Wildman–Crippen MR) is 229 cm³/mol. The maximum atomic E-state index is 14.0. The van der Waals surface area contributed by atoms with Crippen LogP contribution in [0.3, 0.4) is 0 Å². The highest BCUT2D eigenvalue weighted by atomic mass is 16.6. The molecule has 321 valence electrons. The molecule has 2 fully saturated rings. The topological polar surface area (TPSA) is 264 Å². The molecular weight excluding hydrogens is 751 g/mol. The molecule has 0 spiro atoms. The molecule has 2 aliphatic rings. The van der Waals surface area contributed by atoms with Gasteiger partial charge in [0.25, 0.3) is 0 Å². The van der Waals surface area contributed by atoms with Crippen LogP contribution in [-0.2, 0) is 41.3 Å². The number of hydrogen-bond donors (Lipinski definition) is 8. The monoisotopic (exact) mass is 816 g/mol. The summed E-state index contributed by atoms with van der Waals surface area (Å²) in [6.45, 7) is 5.40. The Balaban J connectivity index is 1.42. The van der Waals surface area contributed by atoms with Crippen LogP contribution >= 0.6 is 0 Å². The first-order valence-electron chi connectivity index (χ1n) is 20.9. The Morgan fingerprint density at radius 3 is 1.36 bits per heavy atom. The molecule has 0 heterocycles. The average Bonchev–Trinajstić information content (AvgIpc) is 3.92. The van der Waals surface area contributed by atoms with E-state index >= 15 is 0 Å². The summed E-state index contributed by atoms with van der Waals surface area (Å²) in [7, 11) is 1.07. The fourth-order valence-electron chi connectivity index (χ4n) is 7.87. The highest BCUT2D eigenvalue weighted by Crippen LogP contribution is 2.40. The number of carbonyl (C=O) groups is 4. The van der Waals surface area contributed by atoms with Gasteiger partial charge in [-0.3, -0.25) is 29.2 Å². The SMILES string of the molecule is Cc1ccccc1CCNC(=O)C1(C(=O)NC(CCCN=C(N)N)O[B]OC(CCCN=C(N)N)NC(=O)C2(C(=O)NCCc3ccccc3C)CCCC2)CCCC1. The van der Waals surface area contributed by atoms with E-state index in [1.807, 2.05) is 62.4 Å². The van der Waals surface area contributed by atoms with Crippen molar-refractivity contribution in [2.75, 3.05) is 26.2 Å². The number of nitrogens with two attached hydrogens (primary N) is 4. The molecule has 17 heteroatoms. The molecule has 4 rings (SSSR count). The molecular formula is C42H64BN10O6. The lowest BCUT2D eigenvalue weighted by Crippen LogP contribution is -2.54. The highest BCUT2D eigenvalue weighted by molar-refractivity contribution is 6.18. The van der Waals surface area contributed by atoms with Gasteiger partial charge in [0, 0.05) is 26.2 Å². The molecule has 0 bridgehead atoms. The molecule has 16 nitrogen and oxygen atoms in total. The van der Waals surface area contributed by atoms with E-state index < -0.39 is 35.1 Å². The normalized spacial score (nSPS) is 16.2. The molecule has 2 unspecified atom stereocenters. The fraction of sp³-hybridized carbons (Fsp3) is 0.571. The first kappa shape index (κ1) is 46.5. The van der Waals surface area contributed by atoms with Gasteiger partial charge in [0.05, 0.1) is 0 Å². The van der Waals surface area contributed by atoms with Crippen molar-refractivity contribution in [1.29, 1.82) is 0 Å². The fourth-order valence-corrected chi connectivity index (χ4v) is 7.87. The molecule has 4 amide bonds. The van der Waals surface area contributed by atoms with Gasteiger partial charge in [0.1, 0.15) is 23.3 Å². The molecule has 2 aliphatic carbocycles. The van der Waals surface area contributed by atoms with Crippen LogP contribution < -0.4 is 44.2 Å². The number of nitrogens with zero attached hydrogens (tertiary/aromatic N) is 2. The van der Waals surface area contributed by atoms with Crippen molar-refractivity contribution >= 4 is 43.2 Å². The maximum absolute atomic E-state index is 14.0. The van der Waals surface area contributed by atoms with Crippen LogP contribution in [0.15, 0.2) is 58.5 Å². The van der Waals surface area contributed by atoms with Crippen molar-refractivity contribution in [1.82, 2.24) is 21.3 Å². The number of rotatable bonds is 24. The van der Waals surface area contributed by atoms with Crippen LogP contribution in [0.1, 0.15) is 99.3 Å². The summed E-state index contributed by atoms with van der Waals surface area (Å²) < 4.78 is 12.0. The van der Waals surface area contributed by atoms with Crippen LogP contribution in [0, 0.1) is 24.7 Å². The molecule has 12 N–H and O–H groups in total. The quantitative estimate of drug-likeness (QED) is 0.0191. The van der Waals surface area contributed by atoms with Crippen molar-refractivity contribution in [3.05, 3.63) is 70.8 Å². The zero-order valence-electron chi connectivity index (χ0n) is 34.7. The van der Waals surface area contributed by atoms with Gasteiger partial charge in [-0.15, -0.1) is 0 Å². The predicted octanol–water partition coefficient (Wildman–Crippen LogP) is 2.00. The number of guanidine groups is 2. The zero-order valence-corrected chi connectivity index (χ0v) is 34.7.